The van der Waals surface area contributed by atoms with Gasteiger partial charge in [0.1, 0.15) is 0 Å². The van der Waals surface area contributed by atoms with Crippen molar-refractivity contribution in [3.8, 4) is 0 Å². The van der Waals surface area contributed by atoms with Crippen LogP contribution in [0.5, 0.6) is 0 Å². The van der Waals surface area contributed by atoms with Gasteiger partial charge < -0.3 is 0 Å². The van der Waals surface area contributed by atoms with Crippen LogP contribution < -0.4 is 0 Å². The van der Waals surface area contributed by atoms with Gasteiger partial charge in [-0.15, -0.1) is 0 Å². The van der Waals surface area contributed by atoms with Gasteiger partial charge in [0.15, 0.2) is 0 Å². The Morgan fingerprint density at radius 3 is 2.16 bits per heavy atom. The highest BCUT2D eigenvalue weighted by molar-refractivity contribution is 6.06. The minimum atomic E-state index is -0.0971. The summed E-state index contributed by atoms with van der Waals surface area (Å²) in [4.78, 5) is 27.5. The summed E-state index contributed by atoms with van der Waals surface area (Å²) in [5.41, 5.74) is 2.35. The van der Waals surface area contributed by atoms with Gasteiger partial charge in [-0.3, -0.25) is 14.5 Å². The highest BCUT2D eigenvalue weighted by Crippen LogP contribution is 2.61. The Morgan fingerprint density at radius 1 is 0.800 bits per heavy atom. The molecule has 5 unspecified atom stereocenters. The van der Waals surface area contributed by atoms with Crippen molar-refractivity contribution < 1.29 is 9.59 Å². The van der Waals surface area contributed by atoms with Crippen LogP contribution in [0.15, 0.2) is 60.7 Å². The summed E-state index contributed by atoms with van der Waals surface area (Å²) in [6.07, 6.45) is 2.08. The van der Waals surface area contributed by atoms with E-state index in [9.17, 15) is 9.59 Å². The van der Waals surface area contributed by atoms with Gasteiger partial charge in [-0.25, -0.2) is 0 Å². The Labute approximate surface area is 147 Å². The van der Waals surface area contributed by atoms with Crippen LogP contribution in [0.4, 0.5) is 0 Å². The molecule has 126 valence electrons. The molecule has 0 aromatic heterocycles. The van der Waals surface area contributed by atoms with E-state index in [1.54, 1.807) is 0 Å². The number of hydrogen-bond donors (Lipinski definition) is 0. The van der Waals surface area contributed by atoms with E-state index in [1.165, 1.54) is 10.5 Å². The van der Waals surface area contributed by atoms with Crippen LogP contribution in [0.25, 0.3) is 0 Å². The molecule has 2 bridgehead atoms. The lowest BCUT2D eigenvalue weighted by Gasteiger charge is -2.28. The molecule has 3 nitrogen and oxygen atoms in total. The molecule has 5 atom stereocenters. The summed E-state index contributed by atoms with van der Waals surface area (Å²) in [6, 6.07) is 20.3. The molecular weight excluding hydrogens is 310 g/mol. The van der Waals surface area contributed by atoms with Gasteiger partial charge >= 0.3 is 0 Å². The van der Waals surface area contributed by atoms with Gasteiger partial charge in [0.25, 0.3) is 0 Å². The van der Waals surface area contributed by atoms with Crippen molar-refractivity contribution in [2.24, 2.45) is 23.7 Å². The first-order valence-corrected chi connectivity index (χ1v) is 9.18. The quantitative estimate of drug-likeness (QED) is 0.806. The Hall–Kier alpha value is -2.42. The number of nitrogens with zero attached hydrogens (tertiary/aromatic N) is 1. The van der Waals surface area contributed by atoms with Crippen LogP contribution in [0.2, 0.25) is 0 Å². The molecule has 0 spiro atoms. The smallest absolute Gasteiger partial charge is 0.233 e. The third-order valence-corrected chi connectivity index (χ3v) is 6.52. The molecule has 2 aliphatic carbocycles. The summed E-state index contributed by atoms with van der Waals surface area (Å²) in [5.74, 6) is 1.10. The standard InChI is InChI=1S/C22H21NO2/c24-21-19-16-11-17(15-9-5-2-6-10-15)18(12-16)20(19)22(25)23(21)13-14-7-3-1-4-8-14/h1-10,16-20H,11-13H2. The van der Waals surface area contributed by atoms with Gasteiger partial charge in [-0.2, -0.15) is 0 Å². The Bertz CT molecular complexity index is 816. The van der Waals surface area contributed by atoms with E-state index in [-0.39, 0.29) is 23.7 Å². The van der Waals surface area contributed by atoms with Gasteiger partial charge in [0.2, 0.25) is 11.8 Å². The zero-order chi connectivity index (χ0) is 17.0. The van der Waals surface area contributed by atoms with Crippen LogP contribution in [0.3, 0.4) is 0 Å². The zero-order valence-corrected chi connectivity index (χ0v) is 14.0. The van der Waals surface area contributed by atoms with Crippen molar-refractivity contribution in [2.45, 2.75) is 25.3 Å². The number of imide groups is 1. The number of likely N-dealkylation sites (tertiary alicyclic amines) is 1. The van der Waals surface area contributed by atoms with Crippen molar-refractivity contribution in [3.05, 3.63) is 71.8 Å². The normalized spacial score (nSPS) is 33.1. The largest absolute Gasteiger partial charge is 0.278 e. The molecule has 2 saturated carbocycles. The molecule has 1 aliphatic heterocycles. The molecule has 3 heteroatoms. The lowest BCUT2D eigenvalue weighted by atomic mass is 9.73. The first-order chi connectivity index (χ1) is 12.2. The monoisotopic (exact) mass is 331 g/mol. The van der Waals surface area contributed by atoms with E-state index < -0.39 is 0 Å². The van der Waals surface area contributed by atoms with Crippen molar-refractivity contribution in [1.82, 2.24) is 4.90 Å². The molecule has 2 aromatic rings. The molecule has 2 aromatic carbocycles. The second kappa shape index (κ2) is 5.55. The number of fused-ring (bicyclic) bond motifs is 5. The average molecular weight is 331 g/mol. The van der Waals surface area contributed by atoms with Crippen LogP contribution in [0, 0.1) is 23.7 Å². The van der Waals surface area contributed by atoms with E-state index >= 15 is 0 Å². The Balaban J connectivity index is 1.42. The van der Waals surface area contributed by atoms with Gasteiger partial charge in [0.05, 0.1) is 18.4 Å². The summed E-state index contributed by atoms with van der Waals surface area (Å²) in [5, 5.41) is 0. The topological polar surface area (TPSA) is 37.4 Å². The number of hydrogen-bond acceptors (Lipinski definition) is 2. The van der Waals surface area contributed by atoms with E-state index in [0.29, 0.717) is 24.3 Å². The molecular formula is C22H21NO2. The maximum atomic E-state index is 13.1. The van der Waals surface area contributed by atoms with Crippen LogP contribution in [0.1, 0.15) is 29.9 Å². The summed E-state index contributed by atoms with van der Waals surface area (Å²) in [7, 11) is 0. The van der Waals surface area contributed by atoms with Crippen molar-refractivity contribution in [1.29, 1.82) is 0 Å². The minimum Gasteiger partial charge on any atom is -0.278 e. The Kier molecular flexibility index (Phi) is 3.30. The molecule has 3 aliphatic rings. The number of rotatable bonds is 3. The fourth-order valence-electron chi connectivity index (χ4n) is 5.53. The van der Waals surface area contributed by atoms with Crippen LogP contribution in [-0.4, -0.2) is 16.7 Å². The van der Waals surface area contributed by atoms with Gasteiger partial charge in [-0.1, -0.05) is 60.7 Å². The van der Waals surface area contributed by atoms with Crippen LogP contribution in [-0.2, 0) is 16.1 Å². The lowest BCUT2D eigenvalue weighted by Crippen LogP contribution is -2.32. The van der Waals surface area contributed by atoms with E-state index in [0.717, 1.165) is 18.4 Å². The zero-order valence-electron chi connectivity index (χ0n) is 14.0. The molecule has 0 N–H and O–H groups in total. The predicted octanol–water partition coefficient (Wildman–Crippen LogP) is 3.61. The highest BCUT2D eigenvalue weighted by Gasteiger charge is 2.63. The molecule has 5 rings (SSSR count). The molecule has 1 saturated heterocycles. The van der Waals surface area contributed by atoms with Crippen LogP contribution >= 0.6 is 0 Å². The summed E-state index contributed by atoms with van der Waals surface area (Å²) >= 11 is 0. The number of amides is 2. The number of carbonyl (C=O) groups is 2. The van der Waals surface area contributed by atoms with Crippen molar-refractivity contribution >= 4 is 11.8 Å². The van der Waals surface area contributed by atoms with E-state index in [4.69, 9.17) is 0 Å². The fourth-order valence-corrected chi connectivity index (χ4v) is 5.53. The number of benzene rings is 2. The third-order valence-electron chi connectivity index (χ3n) is 6.52. The molecule has 25 heavy (non-hydrogen) atoms. The lowest BCUT2D eigenvalue weighted by molar-refractivity contribution is -0.141. The number of carbonyl (C=O) groups excluding carboxylic acids is 2. The second-order valence-electron chi connectivity index (χ2n) is 7.71. The second-order valence-corrected chi connectivity index (χ2v) is 7.71. The van der Waals surface area contributed by atoms with Crippen molar-refractivity contribution in [3.63, 3.8) is 0 Å². The molecule has 3 fully saturated rings. The average Bonchev–Trinajstić information content (AvgIpc) is 3.31. The predicted molar refractivity (Wildman–Crippen MR) is 94.4 cm³/mol. The molecule has 0 radical (unpaired) electrons. The molecule has 2 amide bonds. The summed E-state index contributed by atoms with van der Waals surface area (Å²) < 4.78 is 0. The van der Waals surface area contributed by atoms with E-state index in [2.05, 4.69) is 24.3 Å². The maximum Gasteiger partial charge on any atom is 0.233 e. The molecule has 1 heterocycles. The first-order valence-electron chi connectivity index (χ1n) is 9.18. The van der Waals surface area contributed by atoms with Gasteiger partial charge in [0, 0.05) is 0 Å². The maximum absolute atomic E-state index is 13.1. The minimum absolute atomic E-state index is 0.0620. The SMILES string of the molecule is O=C1C2C3CC(c4ccccc4)C(C3)C2C(=O)N1Cc1ccccc1. The fraction of sp³-hybridized carbons (Fsp3) is 0.364. The van der Waals surface area contributed by atoms with E-state index in [1.807, 2.05) is 36.4 Å². The summed E-state index contributed by atoms with van der Waals surface area (Å²) in [6.45, 7) is 0.418. The van der Waals surface area contributed by atoms with Crippen molar-refractivity contribution in [2.75, 3.05) is 0 Å². The Morgan fingerprint density at radius 2 is 1.44 bits per heavy atom. The highest BCUT2D eigenvalue weighted by atomic mass is 16.2. The van der Waals surface area contributed by atoms with Gasteiger partial charge in [-0.05, 0) is 41.7 Å². The third kappa shape index (κ3) is 2.18. The first kappa shape index (κ1) is 14.9.